The largest absolute Gasteiger partial charge is 0.466 e. The molecule has 108 valence electrons. The second kappa shape index (κ2) is 6.08. The first kappa shape index (κ1) is 15.5. The van der Waals surface area contributed by atoms with E-state index in [1.54, 1.807) is 6.92 Å². The summed E-state index contributed by atoms with van der Waals surface area (Å²) in [6.45, 7) is 11.9. The third-order valence-electron chi connectivity index (χ3n) is 2.80. The zero-order valence-corrected chi connectivity index (χ0v) is 12.2. The monoisotopic (exact) mass is 269 g/mol. The number of allylic oxidation sites excluding steroid dienone is 1. The molecule has 1 atom stereocenters. The quantitative estimate of drug-likeness (QED) is 0.723. The van der Waals surface area contributed by atoms with Crippen molar-refractivity contribution in [1.29, 1.82) is 0 Å². The molecule has 1 saturated heterocycles. The van der Waals surface area contributed by atoms with Crippen molar-refractivity contribution in [3.63, 3.8) is 0 Å². The standard InChI is InChI=1S/C14H23NO4/c1-6-18-12(16)11-7-8-15(10(2)9-11)13(17)19-14(3,4)5/h11H,2,6-9H2,1,3-5H3. The van der Waals surface area contributed by atoms with Crippen LogP contribution in [0.4, 0.5) is 4.79 Å². The van der Waals surface area contributed by atoms with Gasteiger partial charge in [-0.1, -0.05) is 6.58 Å². The van der Waals surface area contributed by atoms with E-state index in [4.69, 9.17) is 9.47 Å². The fourth-order valence-corrected chi connectivity index (χ4v) is 1.94. The number of amides is 1. The molecule has 5 nitrogen and oxygen atoms in total. The highest BCUT2D eigenvalue weighted by Gasteiger charge is 2.32. The fourth-order valence-electron chi connectivity index (χ4n) is 1.94. The molecule has 0 radical (unpaired) electrons. The van der Waals surface area contributed by atoms with Gasteiger partial charge in [-0.25, -0.2) is 4.79 Å². The van der Waals surface area contributed by atoms with Crippen molar-refractivity contribution in [2.75, 3.05) is 13.2 Å². The van der Waals surface area contributed by atoms with Crippen LogP contribution in [0.5, 0.6) is 0 Å². The van der Waals surface area contributed by atoms with Crippen LogP contribution in [0.25, 0.3) is 0 Å². The van der Waals surface area contributed by atoms with Gasteiger partial charge < -0.3 is 9.47 Å². The van der Waals surface area contributed by atoms with E-state index < -0.39 is 11.7 Å². The first-order chi connectivity index (χ1) is 8.74. The lowest BCUT2D eigenvalue weighted by atomic mass is 9.95. The van der Waals surface area contributed by atoms with Gasteiger partial charge in [0.1, 0.15) is 5.60 Å². The number of rotatable bonds is 2. The van der Waals surface area contributed by atoms with Crippen molar-refractivity contribution in [1.82, 2.24) is 4.90 Å². The third kappa shape index (κ3) is 4.58. The Balaban J connectivity index is 2.57. The van der Waals surface area contributed by atoms with Crippen LogP contribution in [0, 0.1) is 5.92 Å². The molecule has 1 amide bonds. The van der Waals surface area contributed by atoms with Crippen molar-refractivity contribution in [3.8, 4) is 0 Å². The molecule has 1 aliphatic rings. The Morgan fingerprint density at radius 3 is 2.53 bits per heavy atom. The molecule has 0 spiro atoms. The number of likely N-dealkylation sites (tertiary alicyclic amines) is 1. The number of carbonyl (C=O) groups excluding carboxylic acids is 2. The maximum absolute atomic E-state index is 12.0. The Kier molecular flexibility index (Phi) is 4.97. The SMILES string of the molecule is C=C1CC(C(=O)OCC)CCN1C(=O)OC(C)(C)C. The Labute approximate surface area is 114 Å². The average molecular weight is 269 g/mol. The highest BCUT2D eigenvalue weighted by molar-refractivity contribution is 5.75. The summed E-state index contributed by atoms with van der Waals surface area (Å²) in [6, 6.07) is 0. The van der Waals surface area contributed by atoms with Gasteiger partial charge in [0, 0.05) is 18.7 Å². The molecule has 1 unspecified atom stereocenters. The van der Waals surface area contributed by atoms with E-state index in [0.29, 0.717) is 31.7 Å². The third-order valence-corrected chi connectivity index (χ3v) is 2.80. The number of nitrogens with zero attached hydrogens (tertiary/aromatic N) is 1. The zero-order chi connectivity index (χ0) is 14.6. The second-order valence-corrected chi connectivity index (χ2v) is 5.64. The van der Waals surface area contributed by atoms with E-state index in [-0.39, 0.29) is 11.9 Å². The minimum atomic E-state index is -0.532. The summed E-state index contributed by atoms with van der Waals surface area (Å²) < 4.78 is 10.3. The molecule has 0 N–H and O–H groups in total. The summed E-state index contributed by atoms with van der Waals surface area (Å²) in [6.07, 6.45) is 0.620. The van der Waals surface area contributed by atoms with Gasteiger partial charge in [-0.15, -0.1) is 0 Å². The van der Waals surface area contributed by atoms with Crippen LogP contribution in [0.1, 0.15) is 40.5 Å². The van der Waals surface area contributed by atoms with Crippen LogP contribution in [-0.4, -0.2) is 35.7 Å². The Morgan fingerprint density at radius 2 is 2.05 bits per heavy atom. The molecule has 0 aliphatic carbocycles. The van der Waals surface area contributed by atoms with E-state index in [0.717, 1.165) is 0 Å². The van der Waals surface area contributed by atoms with E-state index in [2.05, 4.69) is 6.58 Å². The van der Waals surface area contributed by atoms with Crippen molar-refractivity contribution >= 4 is 12.1 Å². The Bertz CT molecular complexity index is 370. The molecule has 1 fully saturated rings. The van der Waals surface area contributed by atoms with Gasteiger partial charge >= 0.3 is 12.1 Å². The van der Waals surface area contributed by atoms with Crippen LogP contribution in [0.2, 0.25) is 0 Å². The number of piperidine rings is 1. The summed E-state index contributed by atoms with van der Waals surface area (Å²) in [5, 5.41) is 0. The molecule has 5 heteroatoms. The van der Waals surface area contributed by atoms with Gasteiger partial charge in [-0.2, -0.15) is 0 Å². The van der Waals surface area contributed by atoms with Gasteiger partial charge in [0.05, 0.1) is 12.5 Å². The fraction of sp³-hybridized carbons (Fsp3) is 0.714. The summed E-state index contributed by atoms with van der Waals surface area (Å²) in [5.74, 6) is -0.418. The predicted octanol–water partition coefficient (Wildman–Crippen LogP) is 2.71. The summed E-state index contributed by atoms with van der Waals surface area (Å²) in [5.41, 5.74) is 0.0774. The lowest BCUT2D eigenvalue weighted by molar-refractivity contribution is -0.149. The Hall–Kier alpha value is -1.52. The molecular formula is C14H23NO4. The van der Waals surface area contributed by atoms with E-state index in [9.17, 15) is 9.59 Å². The van der Waals surface area contributed by atoms with E-state index >= 15 is 0 Å². The van der Waals surface area contributed by atoms with Gasteiger partial charge in [0.25, 0.3) is 0 Å². The number of ether oxygens (including phenoxy) is 2. The van der Waals surface area contributed by atoms with Crippen molar-refractivity contribution in [3.05, 3.63) is 12.3 Å². The highest BCUT2D eigenvalue weighted by atomic mass is 16.6. The first-order valence-corrected chi connectivity index (χ1v) is 6.59. The predicted molar refractivity (Wildman–Crippen MR) is 71.4 cm³/mol. The van der Waals surface area contributed by atoms with Crippen molar-refractivity contribution in [2.24, 2.45) is 5.92 Å². The van der Waals surface area contributed by atoms with Gasteiger partial charge in [0.15, 0.2) is 0 Å². The van der Waals surface area contributed by atoms with Gasteiger partial charge in [-0.3, -0.25) is 9.69 Å². The Morgan fingerprint density at radius 1 is 1.42 bits per heavy atom. The molecule has 19 heavy (non-hydrogen) atoms. The molecule has 0 bridgehead atoms. The number of esters is 1. The smallest absolute Gasteiger partial charge is 0.414 e. The van der Waals surface area contributed by atoms with Gasteiger partial charge in [0.2, 0.25) is 0 Å². The highest BCUT2D eigenvalue weighted by Crippen LogP contribution is 2.27. The van der Waals surface area contributed by atoms with Crippen molar-refractivity contribution < 1.29 is 19.1 Å². The molecule has 1 heterocycles. The zero-order valence-electron chi connectivity index (χ0n) is 12.2. The maximum atomic E-state index is 12.0. The van der Waals surface area contributed by atoms with Gasteiger partial charge in [-0.05, 0) is 34.1 Å². The number of hydrogen-bond donors (Lipinski definition) is 0. The van der Waals surface area contributed by atoms with Crippen LogP contribution >= 0.6 is 0 Å². The molecule has 0 aromatic carbocycles. The first-order valence-electron chi connectivity index (χ1n) is 6.59. The minimum Gasteiger partial charge on any atom is -0.466 e. The van der Waals surface area contributed by atoms with Crippen LogP contribution < -0.4 is 0 Å². The summed E-state index contributed by atoms with van der Waals surface area (Å²) in [7, 11) is 0. The molecule has 0 aromatic heterocycles. The molecule has 0 aromatic rings. The molecular weight excluding hydrogens is 246 g/mol. The average Bonchev–Trinajstić information content (AvgIpc) is 2.26. The molecule has 1 rings (SSSR count). The van der Waals surface area contributed by atoms with Crippen LogP contribution in [0.3, 0.4) is 0 Å². The minimum absolute atomic E-state index is 0.203. The number of carbonyl (C=O) groups is 2. The second-order valence-electron chi connectivity index (χ2n) is 5.64. The lowest BCUT2D eigenvalue weighted by Gasteiger charge is -2.34. The molecule has 0 saturated carbocycles. The molecule has 1 aliphatic heterocycles. The normalized spacial score (nSPS) is 20.1. The maximum Gasteiger partial charge on any atom is 0.414 e. The topological polar surface area (TPSA) is 55.8 Å². The number of hydrogen-bond acceptors (Lipinski definition) is 4. The van der Waals surface area contributed by atoms with Crippen LogP contribution in [-0.2, 0) is 14.3 Å². The summed E-state index contributed by atoms with van der Waals surface area (Å²) in [4.78, 5) is 25.1. The summed E-state index contributed by atoms with van der Waals surface area (Å²) >= 11 is 0. The van der Waals surface area contributed by atoms with E-state index in [1.807, 2.05) is 20.8 Å². The van der Waals surface area contributed by atoms with Crippen molar-refractivity contribution in [2.45, 2.75) is 46.1 Å². The lowest BCUT2D eigenvalue weighted by Crippen LogP contribution is -2.41. The van der Waals surface area contributed by atoms with E-state index in [1.165, 1.54) is 4.90 Å². The van der Waals surface area contributed by atoms with Crippen LogP contribution in [0.15, 0.2) is 12.3 Å².